The number of carbonyl (C=O) groups is 1. The molecular weight excluding hydrogens is 260 g/mol. The van der Waals surface area contributed by atoms with Crippen molar-refractivity contribution >= 4 is 46.5 Å². The Hall–Kier alpha value is -0.710. The van der Waals surface area contributed by atoms with Gasteiger partial charge < -0.3 is 11.1 Å². The van der Waals surface area contributed by atoms with Gasteiger partial charge in [-0.15, -0.1) is 0 Å². The minimum absolute atomic E-state index is 0.111. The van der Waals surface area contributed by atoms with Crippen LogP contribution in [-0.2, 0) is 4.79 Å². The SMILES string of the molecule is CC(Nc1nc(Cl)c(Cl)cc1Cl)C(N)=O. The zero-order valence-corrected chi connectivity index (χ0v) is 9.99. The second-order valence-electron chi connectivity index (χ2n) is 2.86. The Morgan fingerprint density at radius 1 is 1.47 bits per heavy atom. The van der Waals surface area contributed by atoms with Crippen LogP contribution in [0.4, 0.5) is 5.82 Å². The zero-order chi connectivity index (χ0) is 11.6. The molecule has 1 unspecified atom stereocenters. The Kier molecular flexibility index (Phi) is 4.02. The van der Waals surface area contributed by atoms with E-state index in [4.69, 9.17) is 40.5 Å². The van der Waals surface area contributed by atoms with Gasteiger partial charge in [-0.25, -0.2) is 4.98 Å². The molecule has 82 valence electrons. The van der Waals surface area contributed by atoms with Crippen LogP contribution in [0.2, 0.25) is 15.2 Å². The molecule has 1 aromatic heterocycles. The molecule has 1 rings (SSSR count). The predicted octanol–water partition coefficient (Wildman–Crippen LogP) is 2.33. The molecule has 1 aromatic rings. The molecule has 0 aliphatic carbocycles. The number of pyridine rings is 1. The van der Waals surface area contributed by atoms with E-state index in [1.165, 1.54) is 6.07 Å². The van der Waals surface area contributed by atoms with Gasteiger partial charge in [0.2, 0.25) is 5.91 Å². The van der Waals surface area contributed by atoms with Crippen LogP contribution in [0.1, 0.15) is 6.92 Å². The van der Waals surface area contributed by atoms with E-state index in [-0.39, 0.29) is 21.0 Å². The fourth-order valence-electron chi connectivity index (χ4n) is 0.822. The minimum atomic E-state index is -0.591. The summed E-state index contributed by atoms with van der Waals surface area (Å²) < 4.78 is 0. The first-order chi connectivity index (χ1) is 6.91. The number of nitrogens with one attached hydrogen (secondary N) is 1. The average Bonchev–Trinajstić information content (AvgIpc) is 2.13. The third kappa shape index (κ3) is 3.12. The van der Waals surface area contributed by atoms with Crippen LogP contribution in [0, 0.1) is 0 Å². The first-order valence-corrected chi connectivity index (χ1v) is 5.12. The van der Waals surface area contributed by atoms with Crippen molar-refractivity contribution in [2.24, 2.45) is 5.73 Å². The molecule has 7 heteroatoms. The summed E-state index contributed by atoms with van der Waals surface area (Å²) in [7, 11) is 0. The summed E-state index contributed by atoms with van der Waals surface area (Å²) in [6.07, 6.45) is 0. The van der Waals surface area contributed by atoms with Gasteiger partial charge in [0, 0.05) is 0 Å². The van der Waals surface area contributed by atoms with E-state index in [9.17, 15) is 4.79 Å². The number of hydrogen-bond acceptors (Lipinski definition) is 3. The zero-order valence-electron chi connectivity index (χ0n) is 7.72. The number of nitrogens with zero attached hydrogens (tertiary/aromatic N) is 1. The van der Waals surface area contributed by atoms with Crippen molar-refractivity contribution in [3.63, 3.8) is 0 Å². The smallest absolute Gasteiger partial charge is 0.239 e. The number of hydrogen-bond donors (Lipinski definition) is 2. The van der Waals surface area contributed by atoms with Gasteiger partial charge in [-0.3, -0.25) is 4.79 Å². The van der Waals surface area contributed by atoms with Gasteiger partial charge in [-0.05, 0) is 13.0 Å². The van der Waals surface area contributed by atoms with Crippen LogP contribution < -0.4 is 11.1 Å². The molecule has 1 heterocycles. The summed E-state index contributed by atoms with van der Waals surface area (Å²) in [5.74, 6) is -0.240. The molecule has 0 aromatic carbocycles. The Bertz CT molecular complexity index is 397. The number of aromatic nitrogens is 1. The van der Waals surface area contributed by atoms with E-state index in [1.54, 1.807) is 6.92 Å². The second kappa shape index (κ2) is 4.88. The Morgan fingerprint density at radius 3 is 2.60 bits per heavy atom. The standard InChI is InChI=1S/C8H8Cl3N3O/c1-3(7(12)15)13-8-5(10)2-4(9)6(11)14-8/h2-3H,1H3,(H2,12,15)(H,13,14). The quantitative estimate of drug-likeness (QED) is 0.827. The molecule has 0 saturated carbocycles. The minimum Gasteiger partial charge on any atom is -0.368 e. The number of nitrogens with two attached hydrogens (primary N) is 1. The highest BCUT2D eigenvalue weighted by Crippen LogP contribution is 2.29. The molecule has 15 heavy (non-hydrogen) atoms. The Labute approximate surface area is 102 Å². The number of rotatable bonds is 3. The van der Waals surface area contributed by atoms with Crippen LogP contribution >= 0.6 is 34.8 Å². The van der Waals surface area contributed by atoms with Crippen molar-refractivity contribution in [2.75, 3.05) is 5.32 Å². The molecule has 1 atom stereocenters. The van der Waals surface area contributed by atoms with Crippen LogP contribution in [0.3, 0.4) is 0 Å². The van der Waals surface area contributed by atoms with Crippen molar-refractivity contribution in [1.82, 2.24) is 4.98 Å². The van der Waals surface area contributed by atoms with Crippen molar-refractivity contribution < 1.29 is 4.79 Å². The molecule has 0 fully saturated rings. The van der Waals surface area contributed by atoms with Gasteiger partial charge in [-0.2, -0.15) is 0 Å². The average molecular weight is 269 g/mol. The number of primary amides is 1. The van der Waals surface area contributed by atoms with E-state index >= 15 is 0 Å². The molecule has 1 amide bonds. The van der Waals surface area contributed by atoms with Crippen LogP contribution in [0.5, 0.6) is 0 Å². The lowest BCUT2D eigenvalue weighted by Crippen LogP contribution is -2.32. The summed E-state index contributed by atoms with van der Waals surface area (Å²) in [6, 6.07) is 0.848. The molecular formula is C8H8Cl3N3O. The fraction of sp³-hybridized carbons (Fsp3) is 0.250. The number of carbonyl (C=O) groups excluding carboxylic acids is 1. The van der Waals surface area contributed by atoms with Gasteiger partial charge >= 0.3 is 0 Å². The lowest BCUT2D eigenvalue weighted by Gasteiger charge is -2.12. The molecule has 4 nitrogen and oxygen atoms in total. The van der Waals surface area contributed by atoms with E-state index in [1.807, 2.05) is 0 Å². The lowest BCUT2D eigenvalue weighted by molar-refractivity contribution is -0.118. The highest BCUT2D eigenvalue weighted by atomic mass is 35.5. The summed E-state index contributed by atoms with van der Waals surface area (Å²) in [6.45, 7) is 1.59. The fourth-order valence-corrected chi connectivity index (χ4v) is 1.37. The van der Waals surface area contributed by atoms with E-state index in [0.29, 0.717) is 0 Å². The summed E-state index contributed by atoms with van der Waals surface area (Å²) >= 11 is 17.2. The van der Waals surface area contributed by atoms with Gasteiger partial charge in [0.15, 0.2) is 0 Å². The van der Waals surface area contributed by atoms with Gasteiger partial charge in [0.05, 0.1) is 10.0 Å². The third-order valence-corrected chi connectivity index (χ3v) is 2.63. The topological polar surface area (TPSA) is 68.0 Å². The Balaban J connectivity index is 2.95. The lowest BCUT2D eigenvalue weighted by atomic mass is 10.3. The van der Waals surface area contributed by atoms with Crippen LogP contribution in [0.25, 0.3) is 0 Å². The van der Waals surface area contributed by atoms with Crippen molar-refractivity contribution in [3.05, 3.63) is 21.3 Å². The predicted molar refractivity (Wildman–Crippen MR) is 61.5 cm³/mol. The highest BCUT2D eigenvalue weighted by molar-refractivity contribution is 6.42. The Morgan fingerprint density at radius 2 is 2.07 bits per heavy atom. The third-order valence-electron chi connectivity index (χ3n) is 1.67. The summed E-state index contributed by atoms with van der Waals surface area (Å²) in [5, 5.41) is 3.35. The van der Waals surface area contributed by atoms with Gasteiger partial charge in [0.1, 0.15) is 17.0 Å². The molecule has 0 radical (unpaired) electrons. The maximum Gasteiger partial charge on any atom is 0.239 e. The molecule has 0 bridgehead atoms. The molecule has 0 aliphatic rings. The molecule has 0 saturated heterocycles. The van der Waals surface area contributed by atoms with Crippen LogP contribution in [0.15, 0.2) is 6.07 Å². The van der Waals surface area contributed by atoms with E-state index < -0.39 is 11.9 Å². The summed E-state index contributed by atoms with van der Waals surface area (Å²) in [4.78, 5) is 14.7. The molecule has 3 N–H and O–H groups in total. The highest BCUT2D eigenvalue weighted by Gasteiger charge is 2.13. The van der Waals surface area contributed by atoms with E-state index in [0.717, 1.165) is 0 Å². The number of anilines is 1. The summed E-state index contributed by atoms with van der Waals surface area (Å²) in [5.41, 5.74) is 5.07. The molecule has 0 aliphatic heterocycles. The normalized spacial score (nSPS) is 12.3. The largest absolute Gasteiger partial charge is 0.368 e. The van der Waals surface area contributed by atoms with Crippen molar-refractivity contribution in [2.45, 2.75) is 13.0 Å². The number of amides is 1. The maximum atomic E-state index is 10.8. The van der Waals surface area contributed by atoms with Gasteiger partial charge in [-0.1, -0.05) is 34.8 Å². The van der Waals surface area contributed by atoms with Crippen molar-refractivity contribution in [1.29, 1.82) is 0 Å². The van der Waals surface area contributed by atoms with Crippen molar-refractivity contribution in [3.8, 4) is 0 Å². The molecule has 0 spiro atoms. The first-order valence-electron chi connectivity index (χ1n) is 3.99. The second-order valence-corrected chi connectivity index (χ2v) is 4.03. The first kappa shape index (κ1) is 12.4. The van der Waals surface area contributed by atoms with E-state index in [2.05, 4.69) is 10.3 Å². The monoisotopic (exact) mass is 267 g/mol. The van der Waals surface area contributed by atoms with Gasteiger partial charge in [0.25, 0.3) is 0 Å². The maximum absolute atomic E-state index is 10.8. The van der Waals surface area contributed by atoms with Crippen LogP contribution in [-0.4, -0.2) is 16.9 Å². The number of halogens is 3.